The average Bonchev–Trinajstić information content (AvgIpc) is 2.21. The van der Waals surface area contributed by atoms with Crippen molar-refractivity contribution in [3.05, 3.63) is 35.6 Å². The van der Waals surface area contributed by atoms with Crippen LogP contribution in [0.3, 0.4) is 0 Å². The van der Waals surface area contributed by atoms with Gasteiger partial charge in [0.15, 0.2) is 0 Å². The number of nitrogens with one attached hydrogen (secondary N) is 2. The van der Waals surface area contributed by atoms with Gasteiger partial charge in [-0.25, -0.2) is 4.39 Å². The van der Waals surface area contributed by atoms with E-state index in [0.717, 1.165) is 31.6 Å². The Morgan fingerprint density at radius 3 is 2.50 bits per heavy atom. The van der Waals surface area contributed by atoms with Crippen LogP contribution in [-0.2, 0) is 6.54 Å². The zero-order valence-corrected chi connectivity index (χ0v) is 8.09. The summed E-state index contributed by atoms with van der Waals surface area (Å²) in [5, 5.41) is 3.24. The molecule has 78 valence electrons. The van der Waals surface area contributed by atoms with Gasteiger partial charge in [0.25, 0.3) is 0 Å². The summed E-state index contributed by atoms with van der Waals surface area (Å²) < 4.78 is 12.5. The Morgan fingerprint density at radius 1 is 1.14 bits per heavy atom. The fourth-order valence-corrected chi connectivity index (χ4v) is 1.15. The van der Waals surface area contributed by atoms with Crippen LogP contribution in [0.2, 0.25) is 0 Å². The largest absolute Gasteiger partial charge is 0.313 e. The van der Waals surface area contributed by atoms with Crippen molar-refractivity contribution >= 4 is 0 Å². The molecule has 0 spiro atoms. The summed E-state index contributed by atoms with van der Waals surface area (Å²) >= 11 is 0. The predicted octanol–water partition coefficient (Wildman–Crippen LogP) is 0.769. The molecule has 1 rings (SSSR count). The molecule has 0 bridgehead atoms. The van der Waals surface area contributed by atoms with E-state index in [2.05, 4.69) is 10.7 Å². The molecule has 0 aliphatic heterocycles. The van der Waals surface area contributed by atoms with Crippen LogP contribution in [0.15, 0.2) is 24.3 Å². The molecule has 0 saturated heterocycles. The van der Waals surface area contributed by atoms with E-state index in [1.807, 2.05) is 0 Å². The SMILES string of the molecule is NNCCCNCc1ccc(F)cc1. The molecule has 0 radical (unpaired) electrons. The summed E-state index contributed by atoms with van der Waals surface area (Å²) in [5.41, 5.74) is 3.67. The van der Waals surface area contributed by atoms with Crippen molar-refractivity contribution in [3.8, 4) is 0 Å². The molecule has 0 fully saturated rings. The highest BCUT2D eigenvalue weighted by Gasteiger charge is 1.92. The average molecular weight is 197 g/mol. The quantitative estimate of drug-likeness (QED) is 0.358. The lowest BCUT2D eigenvalue weighted by Crippen LogP contribution is -2.26. The van der Waals surface area contributed by atoms with E-state index in [-0.39, 0.29) is 5.82 Å². The van der Waals surface area contributed by atoms with E-state index >= 15 is 0 Å². The van der Waals surface area contributed by atoms with Crippen molar-refractivity contribution in [1.82, 2.24) is 10.7 Å². The van der Waals surface area contributed by atoms with Crippen LogP contribution in [-0.4, -0.2) is 13.1 Å². The normalized spacial score (nSPS) is 10.4. The van der Waals surface area contributed by atoms with Crippen molar-refractivity contribution in [1.29, 1.82) is 0 Å². The van der Waals surface area contributed by atoms with E-state index < -0.39 is 0 Å². The van der Waals surface area contributed by atoms with Gasteiger partial charge in [-0.15, -0.1) is 0 Å². The van der Waals surface area contributed by atoms with Crippen molar-refractivity contribution in [2.24, 2.45) is 5.84 Å². The summed E-state index contributed by atoms with van der Waals surface area (Å²) in [6.07, 6.45) is 0.984. The Hall–Kier alpha value is -0.970. The minimum Gasteiger partial charge on any atom is -0.313 e. The van der Waals surface area contributed by atoms with Gasteiger partial charge in [0, 0.05) is 13.1 Å². The maximum atomic E-state index is 12.5. The molecule has 0 aliphatic carbocycles. The van der Waals surface area contributed by atoms with Crippen LogP contribution >= 0.6 is 0 Å². The smallest absolute Gasteiger partial charge is 0.123 e. The van der Waals surface area contributed by atoms with Gasteiger partial charge in [-0.3, -0.25) is 11.3 Å². The molecule has 0 saturated carbocycles. The summed E-state index contributed by atoms with van der Waals surface area (Å²) in [7, 11) is 0. The van der Waals surface area contributed by atoms with Gasteiger partial charge in [0.2, 0.25) is 0 Å². The van der Waals surface area contributed by atoms with E-state index in [1.165, 1.54) is 12.1 Å². The highest BCUT2D eigenvalue weighted by atomic mass is 19.1. The van der Waals surface area contributed by atoms with Crippen LogP contribution in [0, 0.1) is 5.82 Å². The van der Waals surface area contributed by atoms with Crippen molar-refractivity contribution < 1.29 is 4.39 Å². The Labute approximate surface area is 83.5 Å². The summed E-state index contributed by atoms with van der Waals surface area (Å²) in [4.78, 5) is 0. The first-order valence-corrected chi connectivity index (χ1v) is 4.71. The van der Waals surface area contributed by atoms with Crippen LogP contribution in [0.25, 0.3) is 0 Å². The lowest BCUT2D eigenvalue weighted by Gasteiger charge is -2.04. The van der Waals surface area contributed by atoms with Crippen LogP contribution in [0.1, 0.15) is 12.0 Å². The highest BCUT2D eigenvalue weighted by molar-refractivity contribution is 5.15. The maximum absolute atomic E-state index is 12.5. The molecule has 1 aromatic carbocycles. The number of rotatable bonds is 6. The summed E-state index contributed by atoms with van der Waals surface area (Å²) in [6, 6.07) is 6.50. The van der Waals surface area contributed by atoms with Gasteiger partial charge >= 0.3 is 0 Å². The number of halogens is 1. The molecule has 0 aliphatic rings. The van der Waals surface area contributed by atoms with Crippen molar-refractivity contribution in [2.75, 3.05) is 13.1 Å². The zero-order valence-electron chi connectivity index (χ0n) is 8.09. The number of benzene rings is 1. The standard InChI is InChI=1S/C10H16FN3/c11-10-4-2-9(3-5-10)8-13-6-1-7-14-12/h2-5,13-14H,1,6-8,12H2. The monoisotopic (exact) mass is 197 g/mol. The summed E-state index contributed by atoms with van der Waals surface area (Å²) in [5.74, 6) is 4.93. The van der Waals surface area contributed by atoms with E-state index in [4.69, 9.17) is 5.84 Å². The maximum Gasteiger partial charge on any atom is 0.123 e. The topological polar surface area (TPSA) is 50.1 Å². The summed E-state index contributed by atoms with van der Waals surface area (Å²) in [6.45, 7) is 2.48. The van der Waals surface area contributed by atoms with Crippen LogP contribution in [0.4, 0.5) is 4.39 Å². The third kappa shape index (κ3) is 4.32. The Balaban J connectivity index is 2.15. The van der Waals surface area contributed by atoms with Gasteiger partial charge in [0.05, 0.1) is 0 Å². The number of hydrazine groups is 1. The molecule has 0 unspecified atom stereocenters. The Morgan fingerprint density at radius 2 is 1.86 bits per heavy atom. The van der Waals surface area contributed by atoms with Gasteiger partial charge in [-0.05, 0) is 30.7 Å². The van der Waals surface area contributed by atoms with Gasteiger partial charge in [0.1, 0.15) is 5.82 Å². The second kappa shape index (κ2) is 6.48. The molecule has 3 nitrogen and oxygen atoms in total. The molecule has 4 N–H and O–H groups in total. The van der Waals surface area contributed by atoms with Crippen molar-refractivity contribution in [2.45, 2.75) is 13.0 Å². The molecule has 4 heteroatoms. The third-order valence-corrected chi connectivity index (χ3v) is 1.92. The first-order chi connectivity index (χ1) is 6.83. The molecule has 0 heterocycles. The van der Waals surface area contributed by atoms with Crippen LogP contribution in [0.5, 0.6) is 0 Å². The number of nitrogens with two attached hydrogens (primary N) is 1. The Bertz CT molecular complexity index is 248. The first kappa shape index (κ1) is 11.1. The molecule has 1 aromatic rings. The minimum absolute atomic E-state index is 0.193. The number of hydrogen-bond acceptors (Lipinski definition) is 3. The van der Waals surface area contributed by atoms with Gasteiger partial charge in [-0.2, -0.15) is 0 Å². The van der Waals surface area contributed by atoms with E-state index in [1.54, 1.807) is 12.1 Å². The third-order valence-electron chi connectivity index (χ3n) is 1.92. The second-order valence-corrected chi connectivity index (χ2v) is 3.11. The molecular weight excluding hydrogens is 181 g/mol. The van der Waals surface area contributed by atoms with Gasteiger partial charge < -0.3 is 5.32 Å². The number of hydrogen-bond donors (Lipinski definition) is 3. The fourth-order valence-electron chi connectivity index (χ4n) is 1.15. The first-order valence-electron chi connectivity index (χ1n) is 4.71. The lowest BCUT2D eigenvalue weighted by atomic mass is 10.2. The lowest BCUT2D eigenvalue weighted by molar-refractivity contribution is 0.605. The molecule has 0 atom stereocenters. The van der Waals surface area contributed by atoms with Crippen molar-refractivity contribution in [3.63, 3.8) is 0 Å². The fraction of sp³-hybridized carbons (Fsp3) is 0.400. The second-order valence-electron chi connectivity index (χ2n) is 3.11. The van der Waals surface area contributed by atoms with Gasteiger partial charge in [-0.1, -0.05) is 12.1 Å². The molecular formula is C10H16FN3. The Kier molecular flexibility index (Phi) is 5.14. The minimum atomic E-state index is -0.193. The molecule has 0 aromatic heterocycles. The van der Waals surface area contributed by atoms with E-state index in [9.17, 15) is 4.39 Å². The van der Waals surface area contributed by atoms with E-state index in [0.29, 0.717) is 0 Å². The molecule has 14 heavy (non-hydrogen) atoms. The van der Waals surface area contributed by atoms with Crippen LogP contribution < -0.4 is 16.6 Å². The molecule has 0 amide bonds. The zero-order chi connectivity index (χ0) is 10.2. The predicted molar refractivity (Wildman–Crippen MR) is 54.9 cm³/mol. The highest BCUT2D eigenvalue weighted by Crippen LogP contribution is 2.01.